The molecule has 0 fully saturated rings. The van der Waals surface area contributed by atoms with E-state index >= 15 is 0 Å². The molecule has 0 aliphatic rings. The lowest BCUT2D eigenvalue weighted by molar-refractivity contribution is -0.114. The monoisotopic (exact) mass is 295 g/mol. The van der Waals surface area contributed by atoms with Crippen LogP contribution in [0.2, 0.25) is 0 Å². The minimum Gasteiger partial charge on any atom is -0.478 e. The lowest BCUT2D eigenvalue weighted by Crippen LogP contribution is -2.31. The molecule has 0 aliphatic carbocycles. The molecule has 0 unspecified atom stereocenters. The van der Waals surface area contributed by atoms with Gasteiger partial charge >= 0.3 is 12.0 Å². The fourth-order valence-electron chi connectivity index (χ4n) is 1.54. The smallest absolute Gasteiger partial charge is 0.337 e. The summed E-state index contributed by atoms with van der Waals surface area (Å²) in [5.41, 5.74) is 0.347. The van der Waals surface area contributed by atoms with Gasteiger partial charge in [0.25, 0.3) is 0 Å². The van der Waals surface area contributed by atoms with Gasteiger partial charge in [-0.3, -0.25) is 4.79 Å². The second-order valence-corrected chi connectivity index (χ2v) is 4.12. The minimum absolute atomic E-state index is 0.122. The van der Waals surface area contributed by atoms with Gasteiger partial charge in [-0.2, -0.15) is 0 Å². The molecule has 0 atom stereocenters. The highest BCUT2D eigenvalue weighted by molar-refractivity contribution is 6.01. The second-order valence-electron chi connectivity index (χ2n) is 4.12. The maximum Gasteiger partial charge on any atom is 0.337 e. The van der Waals surface area contributed by atoms with Crippen molar-refractivity contribution in [2.45, 2.75) is 6.92 Å². The number of carboxylic acids is 1. The molecule has 0 aromatic heterocycles. The van der Waals surface area contributed by atoms with Crippen LogP contribution in [0.15, 0.2) is 18.2 Å². The largest absolute Gasteiger partial charge is 0.478 e. The van der Waals surface area contributed by atoms with Crippen LogP contribution in [0.25, 0.3) is 0 Å². The summed E-state index contributed by atoms with van der Waals surface area (Å²) in [5.74, 6) is -1.53. The van der Waals surface area contributed by atoms with Crippen molar-refractivity contribution >= 4 is 29.3 Å². The van der Waals surface area contributed by atoms with Gasteiger partial charge in [-0.15, -0.1) is 0 Å². The summed E-state index contributed by atoms with van der Waals surface area (Å²) in [6.07, 6.45) is 0. The third kappa shape index (κ3) is 5.49. The molecule has 1 rings (SSSR count). The summed E-state index contributed by atoms with van der Waals surface area (Å²) in [5, 5.41) is 16.6. The predicted molar refractivity (Wildman–Crippen MR) is 76.6 cm³/mol. The number of nitrogens with one attached hydrogen (secondary N) is 3. The highest BCUT2D eigenvalue weighted by Gasteiger charge is 2.13. The zero-order chi connectivity index (χ0) is 15.8. The Morgan fingerprint density at radius 3 is 2.52 bits per heavy atom. The molecule has 8 heteroatoms. The first-order valence-corrected chi connectivity index (χ1v) is 6.12. The van der Waals surface area contributed by atoms with E-state index in [1.807, 2.05) is 0 Å². The Labute approximate surface area is 121 Å². The lowest BCUT2D eigenvalue weighted by Gasteiger charge is -2.11. The van der Waals surface area contributed by atoms with Crippen molar-refractivity contribution in [2.24, 2.45) is 0 Å². The molecule has 0 aliphatic heterocycles. The molecule has 114 valence electrons. The molecule has 4 N–H and O–H groups in total. The van der Waals surface area contributed by atoms with Gasteiger partial charge in [0.1, 0.15) is 0 Å². The van der Waals surface area contributed by atoms with Crippen LogP contribution in [-0.4, -0.2) is 43.3 Å². The summed E-state index contributed by atoms with van der Waals surface area (Å²) < 4.78 is 4.78. The molecule has 1 aromatic carbocycles. The first-order chi connectivity index (χ1) is 9.93. The summed E-state index contributed by atoms with van der Waals surface area (Å²) in [6, 6.07) is 3.64. The summed E-state index contributed by atoms with van der Waals surface area (Å²) in [6.45, 7) is 1.96. The van der Waals surface area contributed by atoms with Gasteiger partial charge in [0.05, 0.1) is 17.9 Å². The van der Waals surface area contributed by atoms with Gasteiger partial charge < -0.3 is 25.8 Å². The zero-order valence-electron chi connectivity index (χ0n) is 11.7. The fourth-order valence-corrected chi connectivity index (χ4v) is 1.54. The number of methoxy groups -OCH3 is 1. The third-order valence-electron chi connectivity index (χ3n) is 2.41. The first-order valence-electron chi connectivity index (χ1n) is 6.12. The van der Waals surface area contributed by atoms with Gasteiger partial charge in [0.15, 0.2) is 0 Å². The molecular weight excluding hydrogens is 278 g/mol. The van der Waals surface area contributed by atoms with E-state index in [2.05, 4.69) is 16.0 Å². The number of rotatable bonds is 6. The Kier molecular flexibility index (Phi) is 6.15. The topological polar surface area (TPSA) is 117 Å². The van der Waals surface area contributed by atoms with E-state index in [0.29, 0.717) is 18.8 Å². The number of carbonyl (C=O) groups excluding carboxylic acids is 2. The first kappa shape index (κ1) is 16.4. The van der Waals surface area contributed by atoms with Crippen LogP contribution in [0, 0.1) is 0 Å². The summed E-state index contributed by atoms with van der Waals surface area (Å²) in [4.78, 5) is 33.7. The van der Waals surface area contributed by atoms with Crippen molar-refractivity contribution in [3.63, 3.8) is 0 Å². The SMILES string of the molecule is COCCNC(=O)Nc1ccc(NC(C)=O)cc1C(=O)O. The van der Waals surface area contributed by atoms with Crippen molar-refractivity contribution in [2.75, 3.05) is 30.9 Å². The van der Waals surface area contributed by atoms with Crippen LogP contribution >= 0.6 is 0 Å². The highest BCUT2D eigenvalue weighted by atomic mass is 16.5. The number of carbonyl (C=O) groups is 3. The number of aromatic carboxylic acids is 1. The van der Waals surface area contributed by atoms with E-state index < -0.39 is 12.0 Å². The van der Waals surface area contributed by atoms with Crippen LogP contribution in [-0.2, 0) is 9.53 Å². The van der Waals surface area contributed by atoms with Crippen molar-refractivity contribution in [3.05, 3.63) is 23.8 Å². The number of hydrogen-bond donors (Lipinski definition) is 4. The third-order valence-corrected chi connectivity index (χ3v) is 2.41. The van der Waals surface area contributed by atoms with Gasteiger partial charge in [0.2, 0.25) is 5.91 Å². The van der Waals surface area contributed by atoms with Crippen LogP contribution < -0.4 is 16.0 Å². The fraction of sp³-hybridized carbons (Fsp3) is 0.308. The molecule has 0 saturated carbocycles. The van der Waals surface area contributed by atoms with Crippen molar-refractivity contribution in [1.82, 2.24) is 5.32 Å². The number of ether oxygens (including phenoxy) is 1. The maximum atomic E-state index is 11.6. The standard InChI is InChI=1S/C13H17N3O5/c1-8(17)15-9-3-4-11(10(7-9)12(18)19)16-13(20)14-5-6-21-2/h3-4,7H,5-6H2,1-2H3,(H,15,17)(H,18,19)(H2,14,16,20). The Morgan fingerprint density at radius 1 is 1.24 bits per heavy atom. The molecule has 3 amide bonds. The van der Waals surface area contributed by atoms with E-state index in [9.17, 15) is 14.4 Å². The second kappa shape index (κ2) is 7.85. The Bertz CT molecular complexity index is 545. The average molecular weight is 295 g/mol. The lowest BCUT2D eigenvalue weighted by atomic mass is 10.1. The molecule has 21 heavy (non-hydrogen) atoms. The molecule has 0 spiro atoms. The highest BCUT2D eigenvalue weighted by Crippen LogP contribution is 2.20. The van der Waals surface area contributed by atoms with E-state index in [1.54, 1.807) is 0 Å². The van der Waals surface area contributed by atoms with E-state index in [0.717, 1.165) is 0 Å². The Morgan fingerprint density at radius 2 is 1.95 bits per heavy atom. The number of amides is 3. The van der Waals surface area contributed by atoms with E-state index in [4.69, 9.17) is 9.84 Å². The number of benzene rings is 1. The van der Waals surface area contributed by atoms with Gasteiger partial charge in [-0.1, -0.05) is 0 Å². The average Bonchev–Trinajstić information content (AvgIpc) is 2.40. The molecular formula is C13H17N3O5. The Hall–Kier alpha value is -2.61. The summed E-state index contributed by atoms with van der Waals surface area (Å²) >= 11 is 0. The Balaban J connectivity index is 2.83. The molecule has 0 radical (unpaired) electrons. The quantitative estimate of drug-likeness (QED) is 0.587. The number of hydrogen-bond acceptors (Lipinski definition) is 4. The molecule has 0 saturated heterocycles. The van der Waals surface area contributed by atoms with Gasteiger partial charge in [-0.25, -0.2) is 9.59 Å². The molecule has 0 heterocycles. The van der Waals surface area contributed by atoms with E-state index in [1.165, 1.54) is 32.2 Å². The van der Waals surface area contributed by atoms with Gasteiger partial charge in [0, 0.05) is 26.3 Å². The van der Waals surface area contributed by atoms with E-state index in [-0.39, 0.29) is 17.2 Å². The normalized spacial score (nSPS) is 9.81. The van der Waals surface area contributed by atoms with Crippen molar-refractivity contribution < 1.29 is 24.2 Å². The van der Waals surface area contributed by atoms with Crippen LogP contribution in [0.5, 0.6) is 0 Å². The summed E-state index contributed by atoms with van der Waals surface area (Å²) in [7, 11) is 1.50. The molecule has 8 nitrogen and oxygen atoms in total. The van der Waals surface area contributed by atoms with Crippen LogP contribution in [0.4, 0.5) is 16.2 Å². The predicted octanol–water partition coefficient (Wildman–Crippen LogP) is 1.11. The number of anilines is 2. The molecule has 0 bridgehead atoms. The van der Waals surface area contributed by atoms with Crippen LogP contribution in [0.1, 0.15) is 17.3 Å². The molecule has 1 aromatic rings. The van der Waals surface area contributed by atoms with Crippen molar-refractivity contribution in [1.29, 1.82) is 0 Å². The zero-order valence-corrected chi connectivity index (χ0v) is 11.7. The maximum absolute atomic E-state index is 11.6. The number of carboxylic acid groups (broad SMARTS) is 1. The van der Waals surface area contributed by atoms with Crippen LogP contribution in [0.3, 0.4) is 0 Å². The van der Waals surface area contributed by atoms with Gasteiger partial charge in [-0.05, 0) is 18.2 Å². The number of urea groups is 1. The van der Waals surface area contributed by atoms with Crippen molar-refractivity contribution in [3.8, 4) is 0 Å². The minimum atomic E-state index is -1.21.